The molecule has 14 heavy (non-hydrogen) atoms. The van der Waals surface area contributed by atoms with Gasteiger partial charge in [-0.1, -0.05) is 32.6 Å². The molecule has 1 aromatic carbocycles. The van der Waals surface area contributed by atoms with Crippen LogP contribution in [0.5, 0.6) is 5.75 Å². The van der Waals surface area contributed by atoms with E-state index in [2.05, 4.69) is 38.6 Å². The van der Waals surface area contributed by atoms with E-state index in [0.717, 1.165) is 11.3 Å². The van der Waals surface area contributed by atoms with Crippen LogP contribution in [0.3, 0.4) is 0 Å². The zero-order valence-corrected chi connectivity index (χ0v) is 8.58. The Morgan fingerprint density at radius 1 is 1.21 bits per heavy atom. The minimum Gasteiger partial charge on any atom is -0.457 e. The molecular formula is C13H14O. The van der Waals surface area contributed by atoms with E-state index in [0.29, 0.717) is 11.7 Å². The van der Waals surface area contributed by atoms with Gasteiger partial charge in [-0.05, 0) is 29.7 Å². The topological polar surface area (TPSA) is 9.23 Å². The maximum absolute atomic E-state index is 5.54. The third-order valence-corrected chi connectivity index (χ3v) is 2.39. The van der Waals surface area contributed by atoms with E-state index in [1.807, 2.05) is 12.2 Å². The van der Waals surface area contributed by atoms with Crippen molar-refractivity contribution in [2.24, 2.45) is 0 Å². The largest absolute Gasteiger partial charge is 0.457 e. The van der Waals surface area contributed by atoms with Gasteiger partial charge in [0.15, 0.2) is 0 Å². The Morgan fingerprint density at radius 3 is 2.71 bits per heavy atom. The van der Waals surface area contributed by atoms with Crippen molar-refractivity contribution in [3.63, 3.8) is 0 Å². The average Bonchev–Trinajstić information content (AvgIpc) is 2.16. The number of hydrogen-bond donors (Lipinski definition) is 0. The quantitative estimate of drug-likeness (QED) is 0.649. The van der Waals surface area contributed by atoms with Crippen LogP contribution in [0.15, 0.2) is 36.6 Å². The summed E-state index contributed by atoms with van der Waals surface area (Å²) in [4.78, 5) is 0. The second-order valence-corrected chi connectivity index (χ2v) is 3.85. The summed E-state index contributed by atoms with van der Waals surface area (Å²) < 4.78 is 5.54. The highest BCUT2D eigenvalue weighted by Gasteiger charge is 2.09. The fourth-order valence-corrected chi connectivity index (χ4v) is 1.49. The van der Waals surface area contributed by atoms with Crippen LogP contribution in [0.4, 0.5) is 0 Å². The molecule has 0 spiro atoms. The number of hydrogen-bond acceptors (Lipinski definition) is 1. The van der Waals surface area contributed by atoms with Crippen LogP contribution in [0, 0.1) is 0 Å². The van der Waals surface area contributed by atoms with E-state index in [9.17, 15) is 0 Å². The third-order valence-electron chi connectivity index (χ3n) is 2.39. The van der Waals surface area contributed by atoms with Crippen LogP contribution < -0.4 is 4.74 Å². The highest BCUT2D eigenvalue weighted by atomic mass is 16.5. The first-order chi connectivity index (χ1) is 6.66. The summed E-state index contributed by atoms with van der Waals surface area (Å²) >= 11 is 0. The molecule has 0 atom stereocenters. The molecule has 2 rings (SSSR count). The van der Waals surface area contributed by atoms with Gasteiger partial charge in [0.1, 0.15) is 11.5 Å². The molecule has 1 heteroatoms. The van der Waals surface area contributed by atoms with Crippen LogP contribution in [-0.4, -0.2) is 0 Å². The van der Waals surface area contributed by atoms with Gasteiger partial charge in [0.25, 0.3) is 0 Å². The highest BCUT2D eigenvalue weighted by molar-refractivity contribution is 5.63. The van der Waals surface area contributed by atoms with Crippen molar-refractivity contribution in [1.82, 2.24) is 0 Å². The molecular weight excluding hydrogens is 172 g/mol. The maximum Gasteiger partial charge on any atom is 0.134 e. The normalized spacial score (nSPS) is 14.1. The molecule has 0 unspecified atom stereocenters. The minimum atomic E-state index is 0.531. The molecule has 0 aliphatic carbocycles. The standard InChI is InChI=1S/C13H14O/c1-9(2)12-7-6-11-5-4-10(3)14-13(11)8-12/h4-9H,3H2,1-2H3. The van der Waals surface area contributed by atoms with Crippen LogP contribution >= 0.6 is 0 Å². The van der Waals surface area contributed by atoms with Crippen LogP contribution in [0.2, 0.25) is 0 Å². The molecule has 0 amide bonds. The molecule has 0 radical (unpaired) electrons. The molecule has 0 aromatic heterocycles. The van der Waals surface area contributed by atoms with Gasteiger partial charge in [0, 0.05) is 5.56 Å². The van der Waals surface area contributed by atoms with E-state index >= 15 is 0 Å². The Balaban J connectivity index is 2.44. The minimum absolute atomic E-state index is 0.531. The molecule has 1 heterocycles. The first-order valence-corrected chi connectivity index (χ1v) is 4.85. The molecule has 0 bridgehead atoms. The first kappa shape index (κ1) is 9.07. The van der Waals surface area contributed by atoms with Gasteiger partial charge in [-0.3, -0.25) is 0 Å². The van der Waals surface area contributed by atoms with E-state index in [4.69, 9.17) is 4.74 Å². The van der Waals surface area contributed by atoms with Gasteiger partial charge in [-0.25, -0.2) is 0 Å². The van der Waals surface area contributed by atoms with Crippen molar-refractivity contribution in [3.8, 4) is 5.75 Å². The summed E-state index contributed by atoms with van der Waals surface area (Å²) in [6.07, 6.45) is 3.92. The Morgan fingerprint density at radius 2 is 2.00 bits per heavy atom. The van der Waals surface area contributed by atoms with E-state index in [1.54, 1.807) is 0 Å². The number of benzene rings is 1. The zero-order chi connectivity index (χ0) is 10.1. The van der Waals surface area contributed by atoms with Gasteiger partial charge >= 0.3 is 0 Å². The lowest BCUT2D eigenvalue weighted by atomic mass is 10.00. The molecule has 1 aromatic rings. The molecule has 0 fully saturated rings. The molecule has 1 aliphatic rings. The van der Waals surface area contributed by atoms with Gasteiger partial charge < -0.3 is 4.74 Å². The van der Waals surface area contributed by atoms with Gasteiger partial charge in [0.05, 0.1) is 0 Å². The van der Waals surface area contributed by atoms with E-state index in [1.165, 1.54) is 5.56 Å². The molecule has 0 N–H and O–H groups in total. The van der Waals surface area contributed by atoms with Crippen molar-refractivity contribution in [2.75, 3.05) is 0 Å². The smallest absolute Gasteiger partial charge is 0.134 e. The molecule has 1 aliphatic heterocycles. The van der Waals surface area contributed by atoms with Gasteiger partial charge in [-0.2, -0.15) is 0 Å². The fraction of sp³-hybridized carbons (Fsp3) is 0.231. The summed E-state index contributed by atoms with van der Waals surface area (Å²) in [5.41, 5.74) is 2.42. The second-order valence-electron chi connectivity index (χ2n) is 3.85. The van der Waals surface area contributed by atoms with Crippen molar-refractivity contribution < 1.29 is 4.74 Å². The summed E-state index contributed by atoms with van der Waals surface area (Å²) in [5.74, 6) is 2.16. The molecule has 0 saturated heterocycles. The summed E-state index contributed by atoms with van der Waals surface area (Å²) in [7, 11) is 0. The fourth-order valence-electron chi connectivity index (χ4n) is 1.49. The first-order valence-electron chi connectivity index (χ1n) is 4.85. The lowest BCUT2D eigenvalue weighted by Gasteiger charge is -2.15. The van der Waals surface area contributed by atoms with Gasteiger partial charge in [-0.15, -0.1) is 0 Å². The van der Waals surface area contributed by atoms with E-state index < -0.39 is 0 Å². The monoisotopic (exact) mass is 186 g/mol. The Hall–Kier alpha value is -1.50. The third kappa shape index (κ3) is 1.58. The van der Waals surface area contributed by atoms with Crippen molar-refractivity contribution in [1.29, 1.82) is 0 Å². The Labute approximate surface area is 84.7 Å². The predicted octanol–water partition coefficient (Wildman–Crippen LogP) is 3.73. The number of allylic oxidation sites excluding steroid dienone is 1. The SMILES string of the molecule is C=C1C=Cc2ccc(C(C)C)cc2O1. The Kier molecular flexibility index (Phi) is 2.16. The summed E-state index contributed by atoms with van der Waals surface area (Å²) in [6.45, 7) is 8.13. The van der Waals surface area contributed by atoms with Crippen molar-refractivity contribution in [2.45, 2.75) is 19.8 Å². The zero-order valence-electron chi connectivity index (χ0n) is 8.58. The average molecular weight is 186 g/mol. The maximum atomic E-state index is 5.54. The molecule has 72 valence electrons. The predicted molar refractivity (Wildman–Crippen MR) is 59.3 cm³/mol. The molecule has 0 saturated carbocycles. The lowest BCUT2D eigenvalue weighted by molar-refractivity contribution is 0.441. The van der Waals surface area contributed by atoms with Crippen LogP contribution in [-0.2, 0) is 0 Å². The second kappa shape index (κ2) is 3.33. The van der Waals surface area contributed by atoms with Crippen LogP contribution in [0.1, 0.15) is 30.9 Å². The lowest BCUT2D eigenvalue weighted by Crippen LogP contribution is -1.99. The van der Waals surface area contributed by atoms with Crippen LogP contribution in [0.25, 0.3) is 6.08 Å². The van der Waals surface area contributed by atoms with Crippen molar-refractivity contribution >= 4 is 6.08 Å². The van der Waals surface area contributed by atoms with Crippen molar-refractivity contribution in [3.05, 3.63) is 47.7 Å². The summed E-state index contributed by atoms with van der Waals surface area (Å²) in [6, 6.07) is 6.33. The number of rotatable bonds is 1. The summed E-state index contributed by atoms with van der Waals surface area (Å²) in [5, 5.41) is 0. The Bertz CT molecular complexity index is 400. The molecule has 1 nitrogen and oxygen atoms in total. The van der Waals surface area contributed by atoms with E-state index in [-0.39, 0.29) is 0 Å². The number of fused-ring (bicyclic) bond motifs is 1. The highest BCUT2D eigenvalue weighted by Crippen LogP contribution is 2.30. The van der Waals surface area contributed by atoms with Gasteiger partial charge in [0.2, 0.25) is 0 Å². The number of ether oxygens (including phenoxy) is 1.